The van der Waals surface area contributed by atoms with Crippen molar-refractivity contribution in [2.45, 2.75) is 13.3 Å². The topological polar surface area (TPSA) is 83.8 Å². The first kappa shape index (κ1) is 15.0. The van der Waals surface area contributed by atoms with Crippen LogP contribution in [0.2, 0.25) is 0 Å². The van der Waals surface area contributed by atoms with E-state index < -0.39 is 4.92 Å². The molecular formula is C14H17N3O4. The molecule has 1 amide bonds. The minimum absolute atomic E-state index is 0.0224. The number of nitro benzene ring substituents is 1. The van der Waals surface area contributed by atoms with Gasteiger partial charge in [0.2, 0.25) is 5.91 Å². The van der Waals surface area contributed by atoms with E-state index in [1.807, 2.05) is 4.90 Å². The summed E-state index contributed by atoms with van der Waals surface area (Å²) in [5.41, 5.74) is 0.461. The molecule has 0 radical (unpaired) electrons. The SMILES string of the molecule is CC(=O)c1ccc(N2CCCN(C)C(=O)C2)cc1[N+](=O)[O-]. The number of carbonyl (C=O) groups excluding carboxylic acids is 2. The van der Waals surface area contributed by atoms with Crippen molar-refractivity contribution in [3.63, 3.8) is 0 Å². The van der Waals surface area contributed by atoms with Gasteiger partial charge in [0.25, 0.3) is 5.69 Å². The number of nitrogens with zero attached hydrogens (tertiary/aromatic N) is 3. The first-order valence-corrected chi connectivity index (χ1v) is 6.68. The lowest BCUT2D eigenvalue weighted by Crippen LogP contribution is -2.34. The normalized spacial score (nSPS) is 15.8. The van der Waals surface area contributed by atoms with Crippen molar-refractivity contribution in [1.29, 1.82) is 0 Å². The third kappa shape index (κ3) is 3.18. The third-order valence-electron chi connectivity index (χ3n) is 3.60. The minimum atomic E-state index is -0.563. The smallest absolute Gasteiger partial charge is 0.282 e. The van der Waals surface area contributed by atoms with Gasteiger partial charge >= 0.3 is 0 Å². The molecule has 112 valence electrons. The summed E-state index contributed by atoms with van der Waals surface area (Å²) in [6.45, 7) is 2.80. The van der Waals surface area contributed by atoms with Gasteiger partial charge in [-0.3, -0.25) is 19.7 Å². The summed E-state index contributed by atoms with van der Waals surface area (Å²) in [6, 6.07) is 4.48. The van der Waals surface area contributed by atoms with Crippen molar-refractivity contribution in [3.8, 4) is 0 Å². The zero-order chi connectivity index (χ0) is 15.6. The lowest BCUT2D eigenvalue weighted by Gasteiger charge is -2.22. The number of hydrogen-bond donors (Lipinski definition) is 0. The van der Waals surface area contributed by atoms with Gasteiger partial charge in [-0.15, -0.1) is 0 Å². The molecule has 2 rings (SSSR count). The van der Waals surface area contributed by atoms with Crippen molar-refractivity contribution in [2.75, 3.05) is 31.6 Å². The van der Waals surface area contributed by atoms with Gasteiger partial charge in [0.05, 0.1) is 17.0 Å². The molecule has 7 nitrogen and oxygen atoms in total. The van der Waals surface area contributed by atoms with Crippen LogP contribution in [0.25, 0.3) is 0 Å². The molecule has 0 aromatic heterocycles. The van der Waals surface area contributed by atoms with Gasteiger partial charge < -0.3 is 9.80 Å². The molecule has 0 atom stereocenters. The number of benzene rings is 1. The predicted molar refractivity (Wildman–Crippen MR) is 77.6 cm³/mol. The zero-order valence-electron chi connectivity index (χ0n) is 12.0. The number of ketones is 1. The lowest BCUT2D eigenvalue weighted by molar-refractivity contribution is -0.385. The van der Waals surface area contributed by atoms with Gasteiger partial charge in [-0.25, -0.2) is 0 Å². The molecule has 21 heavy (non-hydrogen) atoms. The number of amides is 1. The molecular weight excluding hydrogens is 274 g/mol. The zero-order valence-corrected chi connectivity index (χ0v) is 12.0. The average Bonchev–Trinajstić information content (AvgIpc) is 2.60. The van der Waals surface area contributed by atoms with Crippen LogP contribution in [0.4, 0.5) is 11.4 Å². The average molecular weight is 291 g/mol. The summed E-state index contributed by atoms with van der Waals surface area (Å²) in [4.78, 5) is 37.3. The summed E-state index contributed by atoms with van der Waals surface area (Å²) in [7, 11) is 1.74. The quantitative estimate of drug-likeness (QED) is 0.478. The van der Waals surface area contributed by atoms with Crippen LogP contribution in [0.15, 0.2) is 18.2 Å². The van der Waals surface area contributed by atoms with Gasteiger partial charge in [0, 0.05) is 31.9 Å². The molecule has 0 aliphatic carbocycles. The van der Waals surface area contributed by atoms with Gasteiger partial charge in [-0.1, -0.05) is 0 Å². The highest BCUT2D eigenvalue weighted by atomic mass is 16.6. The van der Waals surface area contributed by atoms with Crippen molar-refractivity contribution < 1.29 is 14.5 Å². The van der Waals surface area contributed by atoms with Crippen LogP contribution in [0, 0.1) is 10.1 Å². The van der Waals surface area contributed by atoms with Crippen LogP contribution in [-0.2, 0) is 4.79 Å². The van der Waals surface area contributed by atoms with Crippen LogP contribution >= 0.6 is 0 Å². The highest BCUT2D eigenvalue weighted by molar-refractivity contribution is 5.98. The number of nitro groups is 1. The van der Waals surface area contributed by atoms with E-state index in [4.69, 9.17) is 0 Å². The predicted octanol–water partition coefficient (Wildman–Crippen LogP) is 1.47. The molecule has 7 heteroatoms. The fourth-order valence-electron chi connectivity index (χ4n) is 2.37. The fourth-order valence-corrected chi connectivity index (χ4v) is 2.37. The molecule has 0 unspecified atom stereocenters. The molecule has 1 aliphatic rings. The van der Waals surface area contributed by atoms with E-state index in [-0.39, 0.29) is 29.5 Å². The molecule has 0 spiro atoms. The van der Waals surface area contributed by atoms with Crippen molar-refractivity contribution in [2.24, 2.45) is 0 Å². The highest BCUT2D eigenvalue weighted by Gasteiger charge is 2.23. The molecule has 0 saturated carbocycles. The molecule has 0 bridgehead atoms. The molecule has 1 saturated heterocycles. The maximum Gasteiger partial charge on any atom is 0.282 e. The Kier molecular flexibility index (Phi) is 4.21. The Morgan fingerprint density at radius 1 is 1.33 bits per heavy atom. The summed E-state index contributed by atoms with van der Waals surface area (Å²) in [5, 5.41) is 11.1. The molecule has 1 aromatic rings. The number of likely N-dealkylation sites (N-methyl/N-ethyl adjacent to an activating group) is 1. The van der Waals surface area contributed by atoms with Gasteiger partial charge in [-0.2, -0.15) is 0 Å². The van der Waals surface area contributed by atoms with Gasteiger partial charge in [0.1, 0.15) is 0 Å². The summed E-state index contributed by atoms with van der Waals surface area (Å²) in [6.07, 6.45) is 0.796. The number of carbonyl (C=O) groups is 2. The standard InChI is InChI=1S/C14H17N3O4/c1-10(18)12-5-4-11(8-13(12)17(20)21)16-7-3-6-15(2)14(19)9-16/h4-5,8H,3,6-7,9H2,1-2H3. The highest BCUT2D eigenvalue weighted by Crippen LogP contribution is 2.27. The second-order valence-corrected chi connectivity index (χ2v) is 5.11. The van der Waals surface area contributed by atoms with Gasteiger partial charge in [-0.05, 0) is 25.5 Å². The van der Waals surface area contributed by atoms with Crippen LogP contribution < -0.4 is 4.90 Å². The number of Topliss-reactive ketones (excluding diaryl/α,β-unsaturated/α-hetero) is 1. The third-order valence-corrected chi connectivity index (χ3v) is 3.60. The Labute approximate surface area is 122 Å². The lowest BCUT2D eigenvalue weighted by atomic mass is 10.1. The summed E-state index contributed by atoms with van der Waals surface area (Å²) < 4.78 is 0. The maximum absolute atomic E-state index is 11.9. The molecule has 1 heterocycles. The summed E-state index contributed by atoms with van der Waals surface area (Å²) >= 11 is 0. The van der Waals surface area contributed by atoms with Crippen molar-refractivity contribution in [1.82, 2.24) is 4.90 Å². The largest absolute Gasteiger partial charge is 0.362 e. The number of hydrogen-bond acceptors (Lipinski definition) is 5. The van der Waals surface area contributed by atoms with Crippen LogP contribution in [0.3, 0.4) is 0 Å². The molecule has 1 fully saturated rings. The monoisotopic (exact) mass is 291 g/mol. The first-order valence-electron chi connectivity index (χ1n) is 6.68. The fraction of sp³-hybridized carbons (Fsp3) is 0.429. The Morgan fingerprint density at radius 2 is 2.05 bits per heavy atom. The van der Waals surface area contributed by atoms with Crippen molar-refractivity contribution >= 4 is 23.1 Å². The second kappa shape index (κ2) is 5.90. The van der Waals surface area contributed by atoms with E-state index >= 15 is 0 Å². The minimum Gasteiger partial charge on any atom is -0.362 e. The Balaban J connectivity index is 2.36. The Morgan fingerprint density at radius 3 is 2.67 bits per heavy atom. The van der Waals surface area contributed by atoms with E-state index in [2.05, 4.69) is 0 Å². The van der Waals surface area contributed by atoms with E-state index in [1.165, 1.54) is 19.1 Å². The maximum atomic E-state index is 11.9. The molecule has 1 aliphatic heterocycles. The van der Waals surface area contributed by atoms with Crippen molar-refractivity contribution in [3.05, 3.63) is 33.9 Å². The second-order valence-electron chi connectivity index (χ2n) is 5.11. The Bertz CT molecular complexity index is 600. The Hall–Kier alpha value is -2.44. The number of rotatable bonds is 3. The molecule has 1 aromatic carbocycles. The van der Waals surface area contributed by atoms with Crippen LogP contribution in [0.1, 0.15) is 23.7 Å². The van der Waals surface area contributed by atoms with E-state index in [1.54, 1.807) is 18.0 Å². The van der Waals surface area contributed by atoms with Crippen LogP contribution in [0.5, 0.6) is 0 Å². The van der Waals surface area contributed by atoms with E-state index in [9.17, 15) is 19.7 Å². The van der Waals surface area contributed by atoms with E-state index in [0.29, 0.717) is 18.8 Å². The van der Waals surface area contributed by atoms with E-state index in [0.717, 1.165) is 6.42 Å². The summed E-state index contributed by atoms with van der Waals surface area (Å²) in [5.74, 6) is -0.370. The number of anilines is 1. The molecule has 0 N–H and O–H groups in total. The van der Waals surface area contributed by atoms with Gasteiger partial charge in [0.15, 0.2) is 5.78 Å². The van der Waals surface area contributed by atoms with Crippen LogP contribution in [-0.4, -0.2) is 48.2 Å². The first-order chi connectivity index (χ1) is 9.90.